The van der Waals surface area contributed by atoms with Crippen LogP contribution in [0.5, 0.6) is 0 Å². The molecule has 4 nitrogen and oxygen atoms in total. The lowest BCUT2D eigenvalue weighted by molar-refractivity contribution is 0.508. The van der Waals surface area contributed by atoms with Gasteiger partial charge in [0.25, 0.3) is 0 Å². The molecule has 4 heteroatoms. The number of allylic oxidation sites excluding steroid dienone is 4. The second kappa shape index (κ2) is 8.28. The minimum Gasteiger partial charge on any atom is -0.402 e. The summed E-state index contributed by atoms with van der Waals surface area (Å²) in [6, 6.07) is 0.0930. The molecule has 4 N–H and O–H groups in total. The Balaban J connectivity index is 5.08. The van der Waals surface area contributed by atoms with Crippen molar-refractivity contribution in [3.05, 3.63) is 35.6 Å². The van der Waals surface area contributed by atoms with Gasteiger partial charge in [0.15, 0.2) is 0 Å². The molecule has 0 radical (unpaired) electrons. The van der Waals surface area contributed by atoms with Crippen molar-refractivity contribution in [2.75, 3.05) is 0 Å². The van der Waals surface area contributed by atoms with E-state index >= 15 is 0 Å². The molecular weight excluding hydrogens is 224 g/mol. The molecule has 0 aromatic carbocycles. The fraction of sp³-hybridized carbons (Fsp3) is 0.429. The molecule has 0 rings (SSSR count). The number of nitrogens with two attached hydrogens (primary N) is 1. The summed E-state index contributed by atoms with van der Waals surface area (Å²) in [7, 11) is 0. The Morgan fingerprint density at radius 3 is 2.39 bits per heavy atom. The van der Waals surface area contributed by atoms with Gasteiger partial charge in [-0.05, 0) is 33.3 Å². The normalized spacial score (nSPS) is 13.2. The fourth-order valence-corrected chi connectivity index (χ4v) is 1.39. The molecule has 0 unspecified atom stereocenters. The summed E-state index contributed by atoms with van der Waals surface area (Å²) in [4.78, 5) is 1.62. The maximum absolute atomic E-state index is 8.13. The van der Waals surface area contributed by atoms with Crippen molar-refractivity contribution >= 4 is 12.2 Å². The van der Waals surface area contributed by atoms with Gasteiger partial charge in [-0.1, -0.05) is 25.2 Å². The van der Waals surface area contributed by atoms with Gasteiger partial charge in [-0.3, -0.25) is 10.8 Å². The van der Waals surface area contributed by atoms with Crippen molar-refractivity contribution < 1.29 is 0 Å². The highest BCUT2D eigenvalue weighted by Crippen LogP contribution is 2.08. The summed E-state index contributed by atoms with van der Waals surface area (Å²) in [5.41, 5.74) is 7.07. The zero-order chi connectivity index (χ0) is 14.1. The summed E-state index contributed by atoms with van der Waals surface area (Å²) >= 11 is 0. The first-order valence-corrected chi connectivity index (χ1v) is 6.12. The second-order valence-corrected chi connectivity index (χ2v) is 4.32. The van der Waals surface area contributed by atoms with Crippen LogP contribution < -0.4 is 5.73 Å². The predicted octanol–water partition coefficient (Wildman–Crippen LogP) is 3.04. The lowest BCUT2D eigenvalue weighted by Crippen LogP contribution is -2.35. The molecular formula is C14H24N4. The van der Waals surface area contributed by atoms with Gasteiger partial charge in [-0.15, -0.1) is 0 Å². The number of nitrogens with one attached hydrogen (secondary N) is 2. The molecule has 0 aromatic rings. The van der Waals surface area contributed by atoms with E-state index in [0.29, 0.717) is 5.84 Å². The second-order valence-electron chi connectivity index (χ2n) is 4.32. The van der Waals surface area contributed by atoms with Crippen LogP contribution >= 0.6 is 0 Å². The molecule has 100 valence electrons. The van der Waals surface area contributed by atoms with E-state index in [1.165, 1.54) is 6.34 Å². The molecule has 0 spiro atoms. The van der Waals surface area contributed by atoms with Crippen LogP contribution in [0.1, 0.15) is 34.1 Å². The van der Waals surface area contributed by atoms with Crippen molar-refractivity contribution in [3.8, 4) is 0 Å². The third kappa shape index (κ3) is 5.48. The molecule has 0 aromatic heterocycles. The van der Waals surface area contributed by atoms with E-state index in [9.17, 15) is 0 Å². The van der Waals surface area contributed by atoms with Crippen LogP contribution in [0.15, 0.2) is 35.6 Å². The van der Waals surface area contributed by atoms with Crippen LogP contribution in [0.4, 0.5) is 0 Å². The van der Waals surface area contributed by atoms with Gasteiger partial charge in [-0.2, -0.15) is 0 Å². The first-order valence-electron chi connectivity index (χ1n) is 6.12. The van der Waals surface area contributed by atoms with Crippen LogP contribution in [0, 0.1) is 10.8 Å². The van der Waals surface area contributed by atoms with Crippen LogP contribution in [-0.4, -0.2) is 23.1 Å². The third-order valence-corrected chi connectivity index (χ3v) is 2.29. The summed E-state index contributed by atoms with van der Waals surface area (Å²) in [5, 5.41) is 15.5. The lowest BCUT2D eigenvalue weighted by Gasteiger charge is -2.24. The monoisotopic (exact) mass is 248 g/mol. The maximum Gasteiger partial charge on any atom is 0.133 e. The molecule has 0 aliphatic rings. The first-order chi connectivity index (χ1) is 8.43. The minimum atomic E-state index is 0.0930. The van der Waals surface area contributed by atoms with Crippen LogP contribution in [-0.2, 0) is 0 Å². The van der Waals surface area contributed by atoms with Crippen LogP contribution in [0.3, 0.4) is 0 Å². The standard InChI is InChI=1S/C14H24N4/c1-5-7-13(9-6-8-12(4)16)14(17)18(10-15)11(2)3/h6-11,15,17H,5,16H2,1-4H3/b9-6-,12-8+,13-7-,15-10?,17-14?. The fourth-order valence-electron chi connectivity index (χ4n) is 1.39. The van der Waals surface area contributed by atoms with Gasteiger partial charge in [0.05, 0.1) is 6.34 Å². The average molecular weight is 248 g/mol. The highest BCUT2D eigenvalue weighted by atomic mass is 15.2. The number of nitrogens with zero attached hydrogens (tertiary/aromatic N) is 1. The van der Waals surface area contributed by atoms with Crippen molar-refractivity contribution in [2.45, 2.75) is 40.2 Å². The van der Waals surface area contributed by atoms with Gasteiger partial charge in [0, 0.05) is 17.3 Å². The highest BCUT2D eigenvalue weighted by Gasteiger charge is 2.12. The zero-order valence-electron chi connectivity index (χ0n) is 11.7. The quantitative estimate of drug-likeness (QED) is 0.384. The highest BCUT2D eigenvalue weighted by molar-refractivity contribution is 6.03. The van der Waals surface area contributed by atoms with E-state index in [1.54, 1.807) is 11.0 Å². The summed E-state index contributed by atoms with van der Waals surface area (Å²) in [6.45, 7) is 7.75. The number of hydrogen-bond donors (Lipinski definition) is 3. The van der Waals surface area contributed by atoms with Crippen LogP contribution in [0.25, 0.3) is 0 Å². The number of amidine groups is 1. The Morgan fingerprint density at radius 2 is 2.00 bits per heavy atom. The summed E-state index contributed by atoms with van der Waals surface area (Å²) in [6.07, 6.45) is 9.47. The third-order valence-electron chi connectivity index (χ3n) is 2.29. The molecule has 0 bridgehead atoms. The summed E-state index contributed by atoms with van der Waals surface area (Å²) < 4.78 is 0. The minimum absolute atomic E-state index is 0.0930. The molecule has 0 aliphatic carbocycles. The van der Waals surface area contributed by atoms with E-state index in [0.717, 1.165) is 17.7 Å². The zero-order valence-corrected chi connectivity index (χ0v) is 11.7. The van der Waals surface area contributed by atoms with Crippen molar-refractivity contribution in [2.24, 2.45) is 5.73 Å². The lowest BCUT2D eigenvalue weighted by atomic mass is 10.1. The van der Waals surface area contributed by atoms with Crippen molar-refractivity contribution in [3.63, 3.8) is 0 Å². The Kier molecular flexibility index (Phi) is 7.43. The van der Waals surface area contributed by atoms with E-state index in [1.807, 2.05) is 45.9 Å². The van der Waals surface area contributed by atoms with Gasteiger partial charge >= 0.3 is 0 Å². The Bertz CT molecular complexity index is 371. The Morgan fingerprint density at radius 1 is 1.39 bits per heavy atom. The van der Waals surface area contributed by atoms with Crippen molar-refractivity contribution in [1.82, 2.24) is 4.90 Å². The van der Waals surface area contributed by atoms with E-state index in [2.05, 4.69) is 0 Å². The van der Waals surface area contributed by atoms with E-state index < -0.39 is 0 Å². The predicted molar refractivity (Wildman–Crippen MR) is 78.9 cm³/mol. The SMILES string of the molecule is CC/C=C(/C=C\C=C(/C)N)C(=N)N(C=N)C(C)C. The van der Waals surface area contributed by atoms with Crippen molar-refractivity contribution in [1.29, 1.82) is 10.8 Å². The van der Waals surface area contributed by atoms with E-state index in [-0.39, 0.29) is 6.04 Å². The smallest absolute Gasteiger partial charge is 0.133 e. The molecule has 18 heavy (non-hydrogen) atoms. The molecule has 0 fully saturated rings. The topological polar surface area (TPSA) is 77.0 Å². The first kappa shape index (κ1) is 16.2. The van der Waals surface area contributed by atoms with E-state index in [4.69, 9.17) is 16.6 Å². The molecule has 0 atom stereocenters. The largest absolute Gasteiger partial charge is 0.402 e. The maximum atomic E-state index is 8.13. The summed E-state index contributed by atoms with van der Waals surface area (Å²) in [5.74, 6) is 0.334. The molecule has 0 aliphatic heterocycles. The Labute approximate surface area is 110 Å². The van der Waals surface area contributed by atoms with Gasteiger partial charge in [0.1, 0.15) is 5.84 Å². The van der Waals surface area contributed by atoms with Gasteiger partial charge in [0.2, 0.25) is 0 Å². The molecule has 0 heterocycles. The average Bonchev–Trinajstić information content (AvgIpc) is 2.27. The molecule has 0 saturated carbocycles. The van der Waals surface area contributed by atoms with Crippen LogP contribution in [0.2, 0.25) is 0 Å². The molecule has 0 amide bonds. The number of hydrogen-bond acceptors (Lipinski definition) is 3. The Hall–Kier alpha value is -1.84. The van der Waals surface area contributed by atoms with Gasteiger partial charge in [-0.25, -0.2) is 0 Å². The molecule has 0 saturated heterocycles. The number of rotatable bonds is 6. The van der Waals surface area contributed by atoms with Gasteiger partial charge < -0.3 is 10.6 Å².